The molecular weight excluding hydrogens is 291 g/mol. The maximum absolute atomic E-state index is 10.7. The molecular formula is C7H5KN4O3S2. The number of nitrogens with one attached hydrogen (secondary N) is 1. The van der Waals surface area contributed by atoms with Gasteiger partial charge in [0.2, 0.25) is 4.77 Å². The minimum atomic E-state index is -4.43. The van der Waals surface area contributed by atoms with Crippen LogP contribution in [0.25, 0.3) is 5.69 Å². The molecule has 0 atom stereocenters. The quantitative estimate of drug-likeness (QED) is 0.366. The molecule has 0 aliphatic rings. The molecule has 17 heavy (non-hydrogen) atoms. The van der Waals surface area contributed by atoms with Crippen LogP contribution in [0.15, 0.2) is 29.2 Å². The van der Waals surface area contributed by atoms with Crippen LogP contribution >= 0.6 is 12.2 Å². The van der Waals surface area contributed by atoms with Gasteiger partial charge in [-0.25, -0.2) is 13.1 Å². The van der Waals surface area contributed by atoms with E-state index in [0.29, 0.717) is 5.69 Å². The third-order valence-corrected chi connectivity index (χ3v) is 2.97. The topological polar surface area (TPSA) is 104 Å². The summed E-state index contributed by atoms with van der Waals surface area (Å²) in [6.07, 6.45) is 0. The second-order valence-corrected chi connectivity index (χ2v) is 4.61. The third-order valence-electron chi connectivity index (χ3n) is 1.86. The molecule has 2 rings (SSSR count). The Bertz CT molecular complexity index is 661. The number of aromatic nitrogens is 4. The molecule has 1 heterocycles. The maximum atomic E-state index is 10.7. The van der Waals surface area contributed by atoms with Gasteiger partial charge in [-0.1, -0.05) is 10.3 Å². The first-order valence-electron chi connectivity index (χ1n) is 4.05. The van der Waals surface area contributed by atoms with Gasteiger partial charge in [0, 0.05) is 0 Å². The van der Waals surface area contributed by atoms with E-state index in [1.54, 1.807) is 0 Å². The first-order valence-corrected chi connectivity index (χ1v) is 5.86. The van der Waals surface area contributed by atoms with E-state index in [-0.39, 0.29) is 61.1 Å². The summed E-state index contributed by atoms with van der Waals surface area (Å²) in [5.41, 5.74) is 0.544. The summed E-state index contributed by atoms with van der Waals surface area (Å²) >= 11 is 4.85. The van der Waals surface area contributed by atoms with Crippen LogP contribution in [0.4, 0.5) is 0 Å². The van der Waals surface area contributed by atoms with Gasteiger partial charge in [0.05, 0.1) is 10.6 Å². The SMILES string of the molecule is O=S(=O)([O-])c1ccc(-n2[nH]nnc2=S)cc1.[K+]. The molecule has 2 aromatic rings. The monoisotopic (exact) mass is 296 g/mol. The van der Waals surface area contributed by atoms with Crippen LogP contribution in [-0.2, 0) is 10.1 Å². The molecule has 0 saturated heterocycles. The average Bonchev–Trinajstić information content (AvgIpc) is 2.63. The largest absolute Gasteiger partial charge is 1.00 e. The van der Waals surface area contributed by atoms with Crippen molar-refractivity contribution in [1.82, 2.24) is 20.2 Å². The predicted molar refractivity (Wildman–Crippen MR) is 54.5 cm³/mol. The zero-order chi connectivity index (χ0) is 11.8. The van der Waals surface area contributed by atoms with Gasteiger partial charge in [-0.3, -0.25) is 0 Å². The molecule has 0 radical (unpaired) electrons. The van der Waals surface area contributed by atoms with Crippen molar-refractivity contribution in [2.45, 2.75) is 4.90 Å². The number of tetrazole rings is 1. The van der Waals surface area contributed by atoms with Gasteiger partial charge in [0.1, 0.15) is 10.1 Å². The fraction of sp³-hybridized carbons (Fsp3) is 0. The number of rotatable bonds is 2. The van der Waals surface area contributed by atoms with E-state index in [9.17, 15) is 13.0 Å². The molecule has 0 saturated carbocycles. The van der Waals surface area contributed by atoms with Crippen molar-refractivity contribution in [3.63, 3.8) is 0 Å². The molecule has 84 valence electrons. The predicted octanol–water partition coefficient (Wildman–Crippen LogP) is -2.77. The van der Waals surface area contributed by atoms with E-state index in [1.807, 2.05) is 0 Å². The van der Waals surface area contributed by atoms with Gasteiger partial charge in [-0.05, 0) is 36.5 Å². The average molecular weight is 296 g/mol. The smallest absolute Gasteiger partial charge is 0.744 e. The van der Waals surface area contributed by atoms with Crippen LogP contribution < -0.4 is 51.4 Å². The van der Waals surface area contributed by atoms with Crippen molar-refractivity contribution < 1.29 is 64.4 Å². The summed E-state index contributed by atoms with van der Waals surface area (Å²) in [6, 6.07) is 5.25. The van der Waals surface area contributed by atoms with Crippen LogP contribution in [0.5, 0.6) is 0 Å². The van der Waals surface area contributed by atoms with E-state index in [2.05, 4.69) is 15.5 Å². The molecule has 0 aliphatic carbocycles. The minimum absolute atomic E-state index is 0. The Morgan fingerprint density at radius 1 is 1.29 bits per heavy atom. The summed E-state index contributed by atoms with van der Waals surface area (Å²) in [5.74, 6) is 0. The zero-order valence-corrected chi connectivity index (χ0v) is 13.4. The van der Waals surface area contributed by atoms with E-state index in [4.69, 9.17) is 12.2 Å². The Labute approximate surface area is 144 Å². The Hall–Kier alpha value is 0.0564. The number of nitrogens with zero attached hydrogens (tertiary/aromatic N) is 3. The molecule has 0 amide bonds. The van der Waals surface area contributed by atoms with Gasteiger partial charge in [-0.2, -0.15) is 5.21 Å². The van der Waals surface area contributed by atoms with Crippen molar-refractivity contribution in [1.29, 1.82) is 0 Å². The molecule has 0 fully saturated rings. The van der Waals surface area contributed by atoms with Crippen LogP contribution in [0.2, 0.25) is 0 Å². The second-order valence-electron chi connectivity index (χ2n) is 2.87. The molecule has 0 aliphatic heterocycles. The second kappa shape index (κ2) is 5.80. The molecule has 0 spiro atoms. The Kier molecular flexibility index (Phi) is 5.15. The Balaban J connectivity index is 0.00000144. The van der Waals surface area contributed by atoms with Crippen molar-refractivity contribution >= 4 is 22.3 Å². The summed E-state index contributed by atoms with van der Waals surface area (Å²) in [6.45, 7) is 0. The zero-order valence-electron chi connectivity index (χ0n) is 8.69. The Morgan fingerprint density at radius 3 is 2.29 bits per heavy atom. The number of hydrogen-bond donors (Lipinski definition) is 1. The van der Waals surface area contributed by atoms with E-state index in [0.717, 1.165) is 0 Å². The normalized spacial score (nSPS) is 10.9. The van der Waals surface area contributed by atoms with Crippen molar-refractivity contribution in [3.05, 3.63) is 29.0 Å². The molecule has 1 aromatic carbocycles. The van der Waals surface area contributed by atoms with Crippen LogP contribution in [0, 0.1) is 4.77 Å². The van der Waals surface area contributed by atoms with Gasteiger partial charge in [-0.15, -0.1) is 0 Å². The molecule has 0 bridgehead atoms. The first-order chi connectivity index (χ1) is 7.48. The molecule has 10 heteroatoms. The van der Waals surface area contributed by atoms with E-state index >= 15 is 0 Å². The first kappa shape index (κ1) is 15.1. The van der Waals surface area contributed by atoms with E-state index in [1.165, 1.54) is 28.9 Å². The van der Waals surface area contributed by atoms with Crippen LogP contribution in [-0.4, -0.2) is 33.2 Å². The standard InChI is InChI=1S/C7H6N4O3S2.K/c12-16(13,14)6-3-1-5(2-4-6)11-7(15)8-9-10-11;/h1-4H,(H,8,10,15)(H,12,13,14);/q;+1/p-1. The van der Waals surface area contributed by atoms with Gasteiger partial charge >= 0.3 is 51.4 Å². The molecule has 0 unspecified atom stereocenters. The fourth-order valence-corrected chi connectivity index (χ4v) is 1.78. The summed E-state index contributed by atoms with van der Waals surface area (Å²) in [5, 5.41) is 9.53. The number of H-pyrrole nitrogens is 1. The maximum Gasteiger partial charge on any atom is 1.00 e. The number of aromatic amines is 1. The summed E-state index contributed by atoms with van der Waals surface area (Å²) in [7, 11) is -4.43. The number of benzene rings is 1. The van der Waals surface area contributed by atoms with Crippen molar-refractivity contribution in [2.75, 3.05) is 0 Å². The van der Waals surface area contributed by atoms with Crippen LogP contribution in [0.1, 0.15) is 0 Å². The minimum Gasteiger partial charge on any atom is -0.744 e. The van der Waals surface area contributed by atoms with Gasteiger partial charge < -0.3 is 4.55 Å². The fourth-order valence-electron chi connectivity index (χ4n) is 1.13. The molecule has 7 nitrogen and oxygen atoms in total. The van der Waals surface area contributed by atoms with Gasteiger partial charge in [0.25, 0.3) is 0 Å². The number of hydrogen-bond acceptors (Lipinski definition) is 6. The summed E-state index contributed by atoms with van der Waals surface area (Å²) in [4.78, 5) is -0.296. The molecule has 1 aromatic heterocycles. The third kappa shape index (κ3) is 3.51. The van der Waals surface area contributed by atoms with Gasteiger partial charge in [0.15, 0.2) is 0 Å². The Morgan fingerprint density at radius 2 is 1.88 bits per heavy atom. The molecule has 1 N–H and O–H groups in total. The van der Waals surface area contributed by atoms with Crippen molar-refractivity contribution in [2.24, 2.45) is 0 Å². The van der Waals surface area contributed by atoms with Crippen molar-refractivity contribution in [3.8, 4) is 5.69 Å². The summed E-state index contributed by atoms with van der Waals surface area (Å²) < 4.78 is 33.6. The van der Waals surface area contributed by atoms with Crippen LogP contribution in [0.3, 0.4) is 0 Å². The van der Waals surface area contributed by atoms with E-state index < -0.39 is 10.1 Å².